The van der Waals surface area contributed by atoms with Crippen LogP contribution in [0.3, 0.4) is 0 Å². The van der Waals surface area contributed by atoms with Crippen LogP contribution < -0.4 is 0 Å². The van der Waals surface area contributed by atoms with Crippen molar-refractivity contribution in [2.75, 3.05) is 26.4 Å². The Hall–Kier alpha value is -4.13. The van der Waals surface area contributed by atoms with Crippen molar-refractivity contribution in [2.24, 2.45) is 50.2 Å². The summed E-state index contributed by atoms with van der Waals surface area (Å²) in [5.74, 6) is -4.63. The van der Waals surface area contributed by atoms with E-state index in [9.17, 15) is 80.8 Å². The topological polar surface area (TPSA) is 388 Å². The third kappa shape index (κ3) is 10.2. The van der Waals surface area contributed by atoms with Gasteiger partial charge >= 0.3 is 17.9 Å². The molecule has 4 saturated carbocycles. The van der Waals surface area contributed by atoms with Gasteiger partial charge in [-0.3, -0.25) is 0 Å². The molecule has 0 spiro atoms. The van der Waals surface area contributed by atoms with Gasteiger partial charge in [0, 0.05) is 16.2 Å². The number of aliphatic hydroxyl groups excluding tert-OH is 12. The van der Waals surface area contributed by atoms with Crippen LogP contribution in [-0.2, 0) is 42.7 Å². The highest BCUT2D eigenvalue weighted by Gasteiger charge is 2.77. The molecule has 0 amide bonds. The Morgan fingerprint density at radius 2 is 1.21 bits per heavy atom. The highest BCUT2D eigenvalue weighted by atomic mass is 16.8. The van der Waals surface area contributed by atoms with Gasteiger partial charge < -0.3 is 104 Å². The van der Waals surface area contributed by atoms with Crippen LogP contribution in [0.5, 0.6) is 0 Å². The molecule has 13 N–H and O–H groups in total. The Morgan fingerprint density at radius 3 is 1.80 bits per heavy atom. The summed E-state index contributed by atoms with van der Waals surface area (Å²) in [5.41, 5.74) is -5.57. The van der Waals surface area contributed by atoms with E-state index in [-0.39, 0.29) is 29.9 Å². The predicted octanol–water partition coefficient (Wildman–Crippen LogP) is -0.0697. The first kappa shape index (κ1) is 63.9. The summed E-state index contributed by atoms with van der Waals surface area (Å²) in [6, 6.07) is 16.5. The molecule has 3 saturated heterocycles. The number of allylic oxidation sites excluding steroid dienone is 1. The van der Waals surface area contributed by atoms with Gasteiger partial charge in [0.1, 0.15) is 67.1 Å². The average Bonchev–Trinajstić information content (AvgIpc) is 0.671. The highest BCUT2D eigenvalue weighted by Crippen LogP contribution is 2.76. The van der Waals surface area contributed by atoms with E-state index in [1.54, 1.807) is 60.7 Å². The van der Waals surface area contributed by atoms with Crippen LogP contribution in [0.2, 0.25) is 0 Å². The number of carboxylic acids is 1. The maximum absolute atomic E-state index is 14.3. The molecule has 3 heterocycles. The summed E-state index contributed by atoms with van der Waals surface area (Å²) in [7, 11) is 0. The van der Waals surface area contributed by atoms with Gasteiger partial charge in [0.15, 0.2) is 31.1 Å². The number of carbonyl (C=O) groups excluding carboxylic acids is 2. The van der Waals surface area contributed by atoms with Gasteiger partial charge in [-0.25, -0.2) is 14.4 Å². The molecule has 2 aromatic carbocycles. The number of benzene rings is 2. The first-order valence-electron chi connectivity index (χ1n) is 29.4. The molecule has 10 rings (SSSR count). The van der Waals surface area contributed by atoms with Crippen LogP contribution in [0.1, 0.15) is 101 Å². The summed E-state index contributed by atoms with van der Waals surface area (Å²) in [4.78, 5) is 41.3. The number of ether oxygens (including phenoxy) is 8. The maximum Gasteiger partial charge on any atom is 0.338 e. The second-order valence-electron chi connectivity index (χ2n) is 26.7. The molecule has 8 aliphatic rings. The van der Waals surface area contributed by atoms with Crippen LogP contribution in [0.15, 0.2) is 72.3 Å². The molecule has 24 nitrogen and oxygen atoms in total. The minimum absolute atomic E-state index is 0.157. The van der Waals surface area contributed by atoms with Gasteiger partial charge in [0.25, 0.3) is 0 Å². The minimum Gasteiger partial charge on any atom is -0.479 e. The number of aliphatic carboxylic acids is 1. The van der Waals surface area contributed by atoms with Crippen LogP contribution in [-0.4, -0.2) is 227 Å². The average molecular weight is 1200 g/mol. The first-order valence-corrected chi connectivity index (χ1v) is 29.4. The lowest BCUT2D eigenvalue weighted by Crippen LogP contribution is -2.76. The Kier molecular flexibility index (Phi) is 17.8. The monoisotopic (exact) mass is 1200 g/mol. The fourth-order valence-corrected chi connectivity index (χ4v) is 17.0. The standard InChI is InChI=1S/C61H84O24/c1-56(2)23-31-30-17-18-35-57(3)21-20-36(80-55-45(83-54-41(70)39(68)38(67)33(24-62)79-54)43(42(71)44(82-55)50(74)75)81-53-40(69)37(66)32(65)25-78-53)58(4,26-63)34(57)19-22-59(35,5)60(30,6)46(72)47(73)61(31,27-64)49(85-52(77)29-15-11-8-12-16-29)48(56)84-51(76)28-13-9-7-10-14-28/h7-17,31-49,53-55,62-73H,18-27H2,1-6H3,(H,74,75)/t31-,32+,33+,34+,35+,36-,37-,38+,39-,40+,41+,42-,43-,44-,45+,46-,47+,48-,49-,53-,54-,55+,57-,58+,59+,60-,61-/m0/s1. The van der Waals surface area contributed by atoms with Crippen molar-refractivity contribution in [3.05, 3.63) is 83.4 Å². The number of rotatable bonds is 14. The number of carbonyl (C=O) groups is 3. The van der Waals surface area contributed by atoms with Gasteiger partial charge in [-0.1, -0.05) is 89.6 Å². The summed E-state index contributed by atoms with van der Waals surface area (Å²) in [6.45, 7) is 9.03. The Bertz CT molecular complexity index is 2750. The van der Waals surface area contributed by atoms with Crippen LogP contribution in [0.4, 0.5) is 0 Å². The van der Waals surface area contributed by atoms with E-state index in [0.29, 0.717) is 25.7 Å². The lowest BCUT2D eigenvalue weighted by atomic mass is 9.32. The van der Waals surface area contributed by atoms with Crippen molar-refractivity contribution in [1.82, 2.24) is 0 Å². The summed E-state index contributed by atoms with van der Waals surface area (Å²) >= 11 is 0. The second-order valence-corrected chi connectivity index (χ2v) is 26.7. The first-order chi connectivity index (χ1) is 40.1. The van der Waals surface area contributed by atoms with Crippen molar-refractivity contribution < 1.29 is 119 Å². The van der Waals surface area contributed by atoms with E-state index in [1.165, 1.54) is 0 Å². The second kappa shape index (κ2) is 23.7. The zero-order valence-electron chi connectivity index (χ0n) is 48.4. The van der Waals surface area contributed by atoms with Crippen LogP contribution in [0, 0.1) is 50.2 Å². The molecule has 472 valence electrons. The molecule has 5 aliphatic carbocycles. The molecule has 27 atom stereocenters. The third-order valence-electron chi connectivity index (χ3n) is 22.0. The number of fused-ring (bicyclic) bond motifs is 7. The van der Waals surface area contributed by atoms with Crippen LogP contribution >= 0.6 is 0 Å². The zero-order valence-corrected chi connectivity index (χ0v) is 48.4. The highest BCUT2D eigenvalue weighted by molar-refractivity contribution is 5.90. The van der Waals surface area contributed by atoms with Gasteiger partial charge in [-0.15, -0.1) is 0 Å². The quantitative estimate of drug-likeness (QED) is 0.0669. The van der Waals surface area contributed by atoms with Crippen molar-refractivity contribution in [3.8, 4) is 0 Å². The Balaban J connectivity index is 0.989. The van der Waals surface area contributed by atoms with Gasteiger partial charge in [-0.05, 0) is 91.4 Å². The number of hydrogen-bond donors (Lipinski definition) is 13. The number of hydrogen-bond acceptors (Lipinski definition) is 23. The van der Waals surface area contributed by atoms with Gasteiger partial charge in [-0.2, -0.15) is 0 Å². The normalized spacial score (nSPS) is 47.6. The molecular weight excluding hydrogens is 1120 g/mol. The molecule has 3 aliphatic heterocycles. The van der Waals surface area contributed by atoms with Crippen LogP contribution in [0.25, 0.3) is 0 Å². The van der Waals surface area contributed by atoms with E-state index in [2.05, 4.69) is 19.9 Å². The molecule has 7 fully saturated rings. The Morgan fingerprint density at radius 1 is 0.612 bits per heavy atom. The predicted molar refractivity (Wildman–Crippen MR) is 291 cm³/mol. The third-order valence-corrected chi connectivity index (χ3v) is 22.0. The van der Waals surface area contributed by atoms with E-state index >= 15 is 0 Å². The SMILES string of the molecule is CC1(C)C[C@H]2C3=CC[C@@H]4[C@@]5(C)CC[C@H](O[C@@H]6O[C@H](C(=O)O)[C@@H](O)[C@H](O[C@@H]7OC[C@@H](O)[C@H](O)[C@H]7O)[C@H]6O[C@@H]6O[C@H](CO)[C@@H](O)[C@H](O)[C@H]6O)[C@](C)(CO)[C@@H]5CC[C@@]4(C)[C@]3(C)[C@@H](O)[C@@H](O)[C@@]2(CO)[C@@H](OC(=O)c2ccccc2)[C@@H]1OC(=O)c1ccccc1. The van der Waals surface area contributed by atoms with Crippen molar-refractivity contribution in [1.29, 1.82) is 0 Å². The fourth-order valence-electron chi connectivity index (χ4n) is 17.0. The van der Waals surface area contributed by atoms with E-state index in [0.717, 1.165) is 5.57 Å². The van der Waals surface area contributed by atoms with Crippen molar-refractivity contribution >= 4 is 17.9 Å². The molecule has 85 heavy (non-hydrogen) atoms. The maximum atomic E-state index is 14.3. The van der Waals surface area contributed by atoms with Crippen molar-refractivity contribution in [3.63, 3.8) is 0 Å². The van der Waals surface area contributed by atoms with E-state index in [4.69, 9.17) is 37.9 Å². The minimum atomic E-state index is -2.18. The van der Waals surface area contributed by atoms with E-state index in [1.807, 2.05) is 27.7 Å². The summed E-state index contributed by atoms with van der Waals surface area (Å²) in [6.07, 6.45) is -29.6. The fraction of sp³-hybridized carbons (Fsp3) is 0.721. The lowest BCUT2D eigenvalue weighted by Gasteiger charge is -2.73. The zero-order chi connectivity index (χ0) is 61.7. The number of carboxylic acid groups (broad SMARTS) is 1. The molecule has 0 bridgehead atoms. The molecule has 0 aromatic heterocycles. The lowest BCUT2D eigenvalue weighted by molar-refractivity contribution is -0.393. The molecule has 2 aromatic rings. The molecular formula is C61H84O24. The largest absolute Gasteiger partial charge is 0.479 e. The number of aliphatic hydroxyl groups is 12. The number of esters is 2. The Labute approximate surface area is 491 Å². The summed E-state index contributed by atoms with van der Waals surface area (Å²) < 4.78 is 49.1. The summed E-state index contributed by atoms with van der Waals surface area (Å²) in [5, 5.41) is 147. The van der Waals surface area contributed by atoms with Gasteiger partial charge in [0.05, 0.1) is 61.3 Å². The van der Waals surface area contributed by atoms with Crippen molar-refractivity contribution in [2.45, 2.75) is 197 Å². The van der Waals surface area contributed by atoms with E-state index < -0.39 is 205 Å². The molecule has 0 radical (unpaired) electrons. The molecule has 24 heteroatoms. The smallest absolute Gasteiger partial charge is 0.338 e. The van der Waals surface area contributed by atoms with Gasteiger partial charge in [0.2, 0.25) is 0 Å². The molecule has 0 unspecified atom stereocenters.